The maximum absolute atomic E-state index is 13.4. The molecule has 2 aromatic heterocycles. The molecule has 5 nitrogen and oxygen atoms in total. The van der Waals surface area contributed by atoms with Crippen LogP contribution in [0, 0.1) is 11.8 Å². The van der Waals surface area contributed by atoms with Gasteiger partial charge < -0.3 is 9.64 Å². The molecule has 0 radical (unpaired) electrons. The van der Waals surface area contributed by atoms with Crippen LogP contribution >= 0.6 is 11.3 Å². The topological polar surface area (TPSA) is 59.5 Å². The summed E-state index contributed by atoms with van der Waals surface area (Å²) in [7, 11) is 0. The SMILES string of the molecule is CC1CC(C)CN(C(=O)COC(=O)c2c3c(nc4ccccc24)C(=Cc2cccs2)CCC3)C1. The molecule has 2 atom stereocenters. The lowest BCUT2D eigenvalue weighted by Crippen LogP contribution is -2.44. The van der Waals surface area contributed by atoms with Crippen LogP contribution in [0.4, 0.5) is 0 Å². The number of ether oxygens (including phenoxy) is 1. The summed E-state index contributed by atoms with van der Waals surface area (Å²) in [6.07, 6.45) is 5.96. The molecule has 2 unspecified atom stereocenters. The van der Waals surface area contributed by atoms with Crippen LogP contribution in [0.1, 0.15) is 59.6 Å². The number of benzene rings is 1. The number of nitrogens with zero attached hydrogens (tertiary/aromatic N) is 2. The Morgan fingerprint density at radius 2 is 1.91 bits per heavy atom. The number of carbonyl (C=O) groups is 2. The Kier molecular flexibility index (Phi) is 6.50. The molecule has 1 amide bonds. The number of hydrogen-bond acceptors (Lipinski definition) is 5. The van der Waals surface area contributed by atoms with Crippen LogP contribution in [0.15, 0.2) is 41.8 Å². The third-order valence-electron chi connectivity index (χ3n) is 6.78. The van der Waals surface area contributed by atoms with Crippen LogP contribution in [0.5, 0.6) is 0 Å². The highest BCUT2D eigenvalue weighted by Crippen LogP contribution is 2.37. The van der Waals surface area contributed by atoms with Crippen molar-refractivity contribution in [1.29, 1.82) is 0 Å². The van der Waals surface area contributed by atoms with E-state index in [0.29, 0.717) is 17.4 Å². The molecule has 0 N–H and O–H groups in total. The first-order valence-electron chi connectivity index (χ1n) is 12.1. The smallest absolute Gasteiger partial charge is 0.339 e. The summed E-state index contributed by atoms with van der Waals surface area (Å²) < 4.78 is 5.65. The van der Waals surface area contributed by atoms with Crippen LogP contribution < -0.4 is 0 Å². The van der Waals surface area contributed by atoms with E-state index < -0.39 is 5.97 Å². The number of fused-ring (bicyclic) bond motifs is 2. The van der Waals surface area contributed by atoms with E-state index in [0.717, 1.165) is 66.5 Å². The number of hydrogen-bond donors (Lipinski definition) is 0. The molecule has 6 heteroatoms. The molecule has 1 aliphatic heterocycles. The Hall–Kier alpha value is -2.99. The van der Waals surface area contributed by atoms with Gasteiger partial charge in [0.05, 0.1) is 16.8 Å². The van der Waals surface area contributed by atoms with Crippen LogP contribution in [-0.4, -0.2) is 41.5 Å². The summed E-state index contributed by atoms with van der Waals surface area (Å²) in [5.41, 5.74) is 4.30. The summed E-state index contributed by atoms with van der Waals surface area (Å²) in [5, 5.41) is 2.85. The van der Waals surface area contributed by atoms with Gasteiger partial charge in [0, 0.05) is 23.4 Å². The van der Waals surface area contributed by atoms with E-state index in [-0.39, 0.29) is 12.5 Å². The quantitative estimate of drug-likeness (QED) is 0.446. The Bertz CT molecular complexity index is 1240. The molecule has 0 spiro atoms. The molecule has 1 saturated heterocycles. The van der Waals surface area contributed by atoms with Crippen molar-refractivity contribution in [3.63, 3.8) is 0 Å². The van der Waals surface area contributed by atoms with Crippen molar-refractivity contribution in [2.24, 2.45) is 11.8 Å². The van der Waals surface area contributed by atoms with Crippen molar-refractivity contribution in [3.8, 4) is 0 Å². The summed E-state index contributed by atoms with van der Waals surface area (Å²) in [6, 6.07) is 11.8. The van der Waals surface area contributed by atoms with Crippen LogP contribution in [0.3, 0.4) is 0 Å². The van der Waals surface area contributed by atoms with Gasteiger partial charge in [0.2, 0.25) is 0 Å². The molecule has 0 bridgehead atoms. The highest BCUT2D eigenvalue weighted by Gasteiger charge is 2.29. The minimum absolute atomic E-state index is 0.114. The van der Waals surface area contributed by atoms with Gasteiger partial charge in [-0.3, -0.25) is 4.79 Å². The number of rotatable bonds is 4. The van der Waals surface area contributed by atoms with E-state index in [9.17, 15) is 9.59 Å². The lowest BCUT2D eigenvalue weighted by Gasteiger charge is -2.34. The molecule has 1 fully saturated rings. The monoisotopic (exact) mass is 474 g/mol. The zero-order chi connectivity index (χ0) is 23.7. The number of esters is 1. The predicted octanol–water partition coefficient (Wildman–Crippen LogP) is 5.83. The molecule has 176 valence electrons. The van der Waals surface area contributed by atoms with Gasteiger partial charge in [-0.15, -0.1) is 11.3 Å². The molecular weight excluding hydrogens is 444 g/mol. The summed E-state index contributed by atoms with van der Waals surface area (Å²) >= 11 is 1.69. The maximum atomic E-state index is 13.4. The van der Waals surface area contributed by atoms with Crippen molar-refractivity contribution in [3.05, 3.63) is 63.5 Å². The number of allylic oxidation sites excluding steroid dienone is 1. The number of likely N-dealkylation sites (tertiary alicyclic amines) is 1. The molecule has 1 aromatic carbocycles. The van der Waals surface area contributed by atoms with E-state index in [1.165, 1.54) is 4.88 Å². The van der Waals surface area contributed by atoms with Gasteiger partial charge in [-0.05, 0) is 72.2 Å². The van der Waals surface area contributed by atoms with Crippen molar-refractivity contribution in [2.75, 3.05) is 19.7 Å². The van der Waals surface area contributed by atoms with Gasteiger partial charge in [0.1, 0.15) is 0 Å². The number of pyridine rings is 1. The lowest BCUT2D eigenvalue weighted by molar-refractivity contribution is -0.137. The Labute approximate surface area is 204 Å². The maximum Gasteiger partial charge on any atom is 0.339 e. The second kappa shape index (κ2) is 9.71. The fraction of sp³-hybridized carbons (Fsp3) is 0.393. The second-order valence-corrected chi connectivity index (χ2v) is 10.7. The van der Waals surface area contributed by atoms with Crippen LogP contribution in [0.2, 0.25) is 0 Å². The first kappa shape index (κ1) is 22.8. The third-order valence-corrected chi connectivity index (χ3v) is 7.60. The van der Waals surface area contributed by atoms with E-state index in [2.05, 4.69) is 31.4 Å². The normalized spacial score (nSPS) is 21.5. The number of piperidine rings is 1. The van der Waals surface area contributed by atoms with Gasteiger partial charge in [-0.1, -0.05) is 38.1 Å². The van der Waals surface area contributed by atoms with Gasteiger partial charge in [0.15, 0.2) is 6.61 Å². The van der Waals surface area contributed by atoms with Crippen LogP contribution in [0.25, 0.3) is 22.6 Å². The van der Waals surface area contributed by atoms with E-state index >= 15 is 0 Å². The summed E-state index contributed by atoms with van der Waals surface area (Å²) in [5.74, 6) is 0.386. The number of carbonyl (C=O) groups excluding carboxylic acids is 2. The average molecular weight is 475 g/mol. The summed E-state index contributed by atoms with van der Waals surface area (Å²) in [4.78, 5) is 34.2. The Morgan fingerprint density at radius 3 is 2.68 bits per heavy atom. The molecule has 3 aromatic rings. The van der Waals surface area contributed by atoms with Gasteiger partial charge in [-0.2, -0.15) is 0 Å². The largest absolute Gasteiger partial charge is 0.452 e. The highest BCUT2D eigenvalue weighted by molar-refractivity contribution is 7.10. The lowest BCUT2D eigenvalue weighted by atomic mass is 9.86. The zero-order valence-electron chi connectivity index (χ0n) is 19.8. The molecule has 1 aliphatic carbocycles. The van der Waals surface area contributed by atoms with Crippen molar-refractivity contribution in [1.82, 2.24) is 9.88 Å². The van der Waals surface area contributed by atoms with Gasteiger partial charge >= 0.3 is 5.97 Å². The number of aromatic nitrogens is 1. The third kappa shape index (κ3) is 4.64. The minimum atomic E-state index is -0.432. The van der Waals surface area contributed by atoms with Crippen LogP contribution in [-0.2, 0) is 16.0 Å². The van der Waals surface area contributed by atoms with Crippen molar-refractivity contribution in [2.45, 2.75) is 39.5 Å². The number of amides is 1. The fourth-order valence-electron chi connectivity index (χ4n) is 5.41. The molecule has 0 saturated carbocycles. The molecule has 5 rings (SSSR count). The number of thiophene rings is 1. The predicted molar refractivity (Wildman–Crippen MR) is 137 cm³/mol. The molecule has 3 heterocycles. The second-order valence-electron chi connectivity index (χ2n) is 9.69. The van der Waals surface area contributed by atoms with Gasteiger partial charge in [0.25, 0.3) is 5.91 Å². The fourth-order valence-corrected chi connectivity index (χ4v) is 6.09. The standard InChI is InChI=1S/C28H30N2O3S/c1-18-13-19(2)16-30(15-18)25(31)17-33-28(32)26-22-9-3-4-11-24(22)29-27-20(7-5-10-23(26)27)14-21-8-6-12-34-21/h3-4,6,8-9,11-12,14,18-19H,5,7,10,13,15-17H2,1-2H3. The molecule has 34 heavy (non-hydrogen) atoms. The summed E-state index contributed by atoms with van der Waals surface area (Å²) in [6.45, 7) is 5.56. The molecule has 2 aliphatic rings. The number of para-hydroxylation sites is 1. The minimum Gasteiger partial charge on any atom is -0.452 e. The average Bonchev–Trinajstić information content (AvgIpc) is 3.33. The highest BCUT2D eigenvalue weighted by atomic mass is 32.1. The van der Waals surface area contributed by atoms with Crippen molar-refractivity contribution < 1.29 is 14.3 Å². The van der Waals surface area contributed by atoms with E-state index in [1.807, 2.05) is 35.2 Å². The van der Waals surface area contributed by atoms with Gasteiger partial charge in [-0.25, -0.2) is 9.78 Å². The Morgan fingerprint density at radius 1 is 1.12 bits per heavy atom. The zero-order valence-corrected chi connectivity index (χ0v) is 20.6. The Balaban J connectivity index is 1.46. The first-order chi connectivity index (χ1) is 16.5. The van der Waals surface area contributed by atoms with E-state index in [1.54, 1.807) is 11.3 Å². The van der Waals surface area contributed by atoms with E-state index in [4.69, 9.17) is 9.72 Å². The van der Waals surface area contributed by atoms with Crippen molar-refractivity contribution >= 4 is 45.8 Å². The molecular formula is C28H30N2O3S. The first-order valence-corrected chi connectivity index (χ1v) is 13.0.